The van der Waals surface area contributed by atoms with E-state index < -0.39 is 12.1 Å². The van der Waals surface area contributed by atoms with Crippen LogP contribution in [-0.4, -0.2) is 33.6 Å². The van der Waals surface area contributed by atoms with Crippen LogP contribution in [-0.2, 0) is 22.5 Å². The smallest absolute Gasteiger partial charge is 0.349 e. The molecule has 0 saturated heterocycles. The first kappa shape index (κ1) is 19.5. The third-order valence-corrected chi connectivity index (χ3v) is 5.85. The number of ether oxygens (including phenoxy) is 1. The van der Waals surface area contributed by atoms with Crippen LogP contribution in [0.15, 0.2) is 4.79 Å². The molecule has 1 aliphatic heterocycles. The summed E-state index contributed by atoms with van der Waals surface area (Å²) in [6.45, 7) is 7.62. The molecule has 3 rings (SSSR count). The standard InChI is InChI=1S/C19H25N3O4S/c1-10(2)20-16(23)12(4)26-19(25)15-11(3)14-17(27-15)21-13-8-6-5-7-9-22(13)18(14)24/h10,12H,5-9H2,1-4H3,(H,20,23)/t12-/m0/s1. The predicted molar refractivity (Wildman–Crippen MR) is 104 cm³/mol. The van der Waals surface area contributed by atoms with Gasteiger partial charge in [0, 0.05) is 19.0 Å². The zero-order valence-corrected chi connectivity index (χ0v) is 16.9. The highest BCUT2D eigenvalue weighted by Gasteiger charge is 2.26. The summed E-state index contributed by atoms with van der Waals surface area (Å²) in [4.78, 5) is 43.1. The Hall–Kier alpha value is -2.22. The second kappa shape index (κ2) is 7.80. The van der Waals surface area contributed by atoms with Crippen LogP contribution in [0.5, 0.6) is 0 Å². The lowest BCUT2D eigenvalue weighted by molar-refractivity contribution is -0.129. The van der Waals surface area contributed by atoms with Crippen molar-refractivity contribution in [1.29, 1.82) is 0 Å². The Kier molecular flexibility index (Phi) is 5.64. The Morgan fingerprint density at radius 3 is 2.67 bits per heavy atom. The van der Waals surface area contributed by atoms with Crippen molar-refractivity contribution >= 4 is 33.4 Å². The number of aromatic nitrogens is 2. The highest BCUT2D eigenvalue weighted by molar-refractivity contribution is 7.20. The molecule has 1 aliphatic rings. The maximum absolute atomic E-state index is 12.9. The van der Waals surface area contributed by atoms with Crippen molar-refractivity contribution in [2.24, 2.45) is 0 Å². The van der Waals surface area contributed by atoms with Crippen molar-refractivity contribution in [1.82, 2.24) is 14.9 Å². The van der Waals surface area contributed by atoms with E-state index in [0.29, 0.717) is 27.2 Å². The Labute approximate surface area is 161 Å². The number of carbonyl (C=O) groups is 2. The molecule has 2 aromatic heterocycles. The summed E-state index contributed by atoms with van der Waals surface area (Å²) >= 11 is 1.16. The van der Waals surface area contributed by atoms with Crippen molar-refractivity contribution in [2.45, 2.75) is 72.1 Å². The summed E-state index contributed by atoms with van der Waals surface area (Å²) in [6.07, 6.45) is 2.92. The van der Waals surface area contributed by atoms with E-state index >= 15 is 0 Å². The predicted octanol–water partition coefficient (Wildman–Crippen LogP) is 2.56. The van der Waals surface area contributed by atoms with Crippen molar-refractivity contribution in [2.75, 3.05) is 0 Å². The van der Waals surface area contributed by atoms with E-state index in [-0.39, 0.29) is 17.5 Å². The number of hydrogen-bond donors (Lipinski definition) is 1. The molecule has 2 aromatic rings. The van der Waals surface area contributed by atoms with Gasteiger partial charge in [-0.3, -0.25) is 14.2 Å². The Morgan fingerprint density at radius 1 is 1.22 bits per heavy atom. The zero-order chi connectivity index (χ0) is 19.7. The number of carbonyl (C=O) groups excluding carboxylic acids is 2. The number of esters is 1. The molecule has 8 heteroatoms. The maximum Gasteiger partial charge on any atom is 0.349 e. The van der Waals surface area contributed by atoms with Crippen molar-refractivity contribution in [3.8, 4) is 0 Å². The van der Waals surface area contributed by atoms with E-state index in [2.05, 4.69) is 10.3 Å². The van der Waals surface area contributed by atoms with Crippen LogP contribution in [0.2, 0.25) is 0 Å². The second-order valence-corrected chi connectivity index (χ2v) is 8.24. The molecule has 0 bridgehead atoms. The second-order valence-electron chi connectivity index (χ2n) is 7.24. The molecule has 146 valence electrons. The SMILES string of the molecule is Cc1c(C(=O)O[C@@H](C)C(=O)NC(C)C)sc2nc3n(c(=O)c12)CCCCC3. The number of rotatable bonds is 4. The fraction of sp³-hybridized carbons (Fsp3) is 0.579. The van der Waals surface area contributed by atoms with Gasteiger partial charge >= 0.3 is 5.97 Å². The number of amides is 1. The first-order chi connectivity index (χ1) is 12.8. The van der Waals surface area contributed by atoms with Crippen LogP contribution in [0.3, 0.4) is 0 Å². The Bertz CT molecular complexity index is 945. The van der Waals surface area contributed by atoms with Gasteiger partial charge in [0.05, 0.1) is 5.39 Å². The van der Waals surface area contributed by atoms with E-state index in [4.69, 9.17) is 4.74 Å². The molecule has 3 heterocycles. The first-order valence-electron chi connectivity index (χ1n) is 9.33. The minimum Gasteiger partial charge on any atom is -0.448 e. The normalized spacial score (nSPS) is 15.3. The van der Waals surface area contributed by atoms with Gasteiger partial charge in [-0.1, -0.05) is 6.42 Å². The van der Waals surface area contributed by atoms with E-state index in [1.165, 1.54) is 6.92 Å². The number of aryl methyl sites for hydroxylation is 2. The van der Waals surface area contributed by atoms with Crippen molar-refractivity contribution < 1.29 is 14.3 Å². The Morgan fingerprint density at radius 2 is 1.96 bits per heavy atom. The topological polar surface area (TPSA) is 90.3 Å². The fourth-order valence-electron chi connectivity index (χ4n) is 3.27. The lowest BCUT2D eigenvalue weighted by Crippen LogP contribution is -2.39. The number of hydrogen-bond acceptors (Lipinski definition) is 6. The van der Waals surface area contributed by atoms with Gasteiger partial charge in [0.2, 0.25) is 0 Å². The zero-order valence-electron chi connectivity index (χ0n) is 16.1. The van der Waals surface area contributed by atoms with E-state index in [1.807, 2.05) is 13.8 Å². The molecule has 0 spiro atoms. The van der Waals surface area contributed by atoms with Crippen LogP contribution < -0.4 is 10.9 Å². The Balaban J connectivity index is 1.93. The average Bonchev–Trinajstić information content (AvgIpc) is 2.77. The molecule has 0 radical (unpaired) electrons. The van der Waals surface area contributed by atoms with Gasteiger partial charge in [-0.2, -0.15) is 0 Å². The van der Waals surface area contributed by atoms with Crippen molar-refractivity contribution in [3.05, 3.63) is 26.6 Å². The van der Waals surface area contributed by atoms with Gasteiger partial charge in [-0.25, -0.2) is 9.78 Å². The van der Waals surface area contributed by atoms with Crippen molar-refractivity contribution in [3.63, 3.8) is 0 Å². The van der Waals surface area contributed by atoms with Gasteiger partial charge in [0.25, 0.3) is 11.5 Å². The molecule has 1 atom stereocenters. The molecular weight excluding hydrogens is 366 g/mol. The van der Waals surface area contributed by atoms with Gasteiger partial charge in [-0.15, -0.1) is 11.3 Å². The van der Waals surface area contributed by atoms with Crippen LogP contribution >= 0.6 is 11.3 Å². The molecule has 0 aliphatic carbocycles. The molecule has 7 nitrogen and oxygen atoms in total. The van der Waals surface area contributed by atoms with Crippen LogP contribution in [0.1, 0.15) is 61.1 Å². The lowest BCUT2D eigenvalue weighted by atomic mass is 10.2. The molecule has 1 amide bonds. The first-order valence-corrected chi connectivity index (χ1v) is 10.2. The molecule has 1 N–H and O–H groups in total. The van der Waals surface area contributed by atoms with Gasteiger partial charge in [0.15, 0.2) is 6.10 Å². The number of thiophene rings is 1. The van der Waals surface area contributed by atoms with Crippen LogP contribution in [0.25, 0.3) is 10.2 Å². The molecule has 0 aromatic carbocycles. The van der Waals surface area contributed by atoms with Gasteiger partial charge < -0.3 is 10.1 Å². The van der Waals surface area contributed by atoms with E-state index in [9.17, 15) is 14.4 Å². The third-order valence-electron chi connectivity index (χ3n) is 4.68. The number of nitrogens with zero attached hydrogens (tertiary/aromatic N) is 2. The maximum atomic E-state index is 12.9. The average molecular weight is 391 g/mol. The number of fused-ring (bicyclic) bond motifs is 2. The number of nitrogens with one attached hydrogen (secondary N) is 1. The minimum absolute atomic E-state index is 0.0376. The minimum atomic E-state index is -0.907. The summed E-state index contributed by atoms with van der Waals surface area (Å²) < 4.78 is 7.06. The highest BCUT2D eigenvalue weighted by Crippen LogP contribution is 2.29. The van der Waals surface area contributed by atoms with E-state index in [0.717, 1.165) is 42.8 Å². The summed E-state index contributed by atoms with van der Waals surface area (Å²) in [7, 11) is 0. The molecule has 0 unspecified atom stereocenters. The van der Waals surface area contributed by atoms with Gasteiger partial charge in [-0.05, 0) is 46.1 Å². The van der Waals surface area contributed by atoms with E-state index in [1.54, 1.807) is 11.5 Å². The van der Waals surface area contributed by atoms with Crippen LogP contribution in [0.4, 0.5) is 0 Å². The molecular formula is C19H25N3O4S. The summed E-state index contributed by atoms with van der Waals surface area (Å²) in [5.74, 6) is -0.153. The van der Waals surface area contributed by atoms with Gasteiger partial charge in [0.1, 0.15) is 15.5 Å². The highest BCUT2D eigenvalue weighted by atomic mass is 32.1. The summed E-state index contributed by atoms with van der Waals surface area (Å²) in [5, 5.41) is 3.20. The largest absolute Gasteiger partial charge is 0.448 e. The monoisotopic (exact) mass is 391 g/mol. The third kappa shape index (κ3) is 3.90. The summed E-state index contributed by atoms with van der Waals surface area (Å²) in [5.41, 5.74) is 0.490. The molecule has 0 fully saturated rings. The summed E-state index contributed by atoms with van der Waals surface area (Å²) in [6, 6.07) is -0.0376. The molecule has 27 heavy (non-hydrogen) atoms. The molecule has 0 saturated carbocycles. The lowest BCUT2D eigenvalue weighted by Gasteiger charge is -2.15. The van der Waals surface area contributed by atoms with Crippen LogP contribution in [0, 0.1) is 6.92 Å². The fourth-order valence-corrected chi connectivity index (χ4v) is 4.35. The quantitative estimate of drug-likeness (QED) is 0.809.